The number of carboxylic acid groups (broad SMARTS) is 1. The molecule has 0 aromatic carbocycles. The molecular weight excluding hydrogens is 208 g/mol. The average Bonchev–Trinajstić information content (AvgIpc) is 2.16. The van der Waals surface area contributed by atoms with Crippen LogP contribution in [0.5, 0.6) is 5.75 Å². The molecular formula is C9H9F2NO3. The summed E-state index contributed by atoms with van der Waals surface area (Å²) in [7, 11) is 1.25. The number of carboxylic acids is 1. The van der Waals surface area contributed by atoms with E-state index in [0.717, 1.165) is 12.3 Å². The second-order valence-electron chi connectivity index (χ2n) is 2.79. The molecule has 0 bridgehead atoms. The number of alkyl halides is 2. The number of ether oxygens (including phenoxy) is 1. The number of carbonyl (C=O) groups is 1. The Kier molecular flexibility index (Phi) is 3.54. The zero-order valence-electron chi connectivity index (χ0n) is 7.91. The van der Waals surface area contributed by atoms with Crippen LogP contribution in [0.1, 0.15) is 17.7 Å². The van der Waals surface area contributed by atoms with Crippen molar-refractivity contribution in [3.8, 4) is 5.75 Å². The summed E-state index contributed by atoms with van der Waals surface area (Å²) in [6.45, 7) is 0. The Morgan fingerprint density at radius 2 is 2.33 bits per heavy atom. The second kappa shape index (κ2) is 4.68. The van der Waals surface area contributed by atoms with Gasteiger partial charge < -0.3 is 9.84 Å². The van der Waals surface area contributed by atoms with Crippen LogP contribution in [0.3, 0.4) is 0 Å². The van der Waals surface area contributed by atoms with Crippen LogP contribution in [0, 0.1) is 0 Å². The van der Waals surface area contributed by atoms with E-state index in [1.165, 1.54) is 7.11 Å². The molecule has 0 aliphatic heterocycles. The van der Waals surface area contributed by atoms with Crippen LogP contribution in [0.2, 0.25) is 0 Å². The Hall–Kier alpha value is -1.72. The summed E-state index contributed by atoms with van der Waals surface area (Å²) >= 11 is 0. The minimum absolute atomic E-state index is 0.0425. The largest absolute Gasteiger partial charge is 0.495 e. The molecule has 0 aliphatic carbocycles. The lowest BCUT2D eigenvalue weighted by Gasteiger charge is -2.08. The number of hydrogen-bond acceptors (Lipinski definition) is 3. The van der Waals surface area contributed by atoms with Crippen molar-refractivity contribution in [2.24, 2.45) is 0 Å². The van der Waals surface area contributed by atoms with Crippen molar-refractivity contribution >= 4 is 5.97 Å². The van der Waals surface area contributed by atoms with Crippen LogP contribution in [-0.2, 0) is 11.2 Å². The summed E-state index contributed by atoms with van der Waals surface area (Å²) in [6, 6.07) is 1.04. The van der Waals surface area contributed by atoms with Crippen molar-refractivity contribution in [2.45, 2.75) is 12.8 Å². The van der Waals surface area contributed by atoms with E-state index in [1.54, 1.807) is 0 Å². The molecule has 4 nitrogen and oxygen atoms in total. The van der Waals surface area contributed by atoms with Gasteiger partial charge in [0.2, 0.25) is 0 Å². The number of aromatic nitrogens is 1. The highest BCUT2D eigenvalue weighted by atomic mass is 19.3. The molecule has 82 valence electrons. The van der Waals surface area contributed by atoms with Crippen LogP contribution in [0.25, 0.3) is 0 Å². The van der Waals surface area contributed by atoms with Crippen LogP contribution >= 0.6 is 0 Å². The average molecular weight is 217 g/mol. The predicted molar refractivity (Wildman–Crippen MR) is 47.1 cm³/mol. The molecule has 0 aliphatic rings. The van der Waals surface area contributed by atoms with Gasteiger partial charge in [-0.2, -0.15) is 0 Å². The monoisotopic (exact) mass is 217 g/mol. The summed E-state index contributed by atoms with van der Waals surface area (Å²) in [5.41, 5.74) is -0.262. The molecule has 1 aromatic heterocycles. The molecule has 0 atom stereocenters. The van der Waals surface area contributed by atoms with E-state index in [4.69, 9.17) is 5.11 Å². The Morgan fingerprint density at radius 1 is 1.67 bits per heavy atom. The fourth-order valence-corrected chi connectivity index (χ4v) is 1.10. The zero-order valence-corrected chi connectivity index (χ0v) is 7.91. The quantitative estimate of drug-likeness (QED) is 0.833. The van der Waals surface area contributed by atoms with Gasteiger partial charge in [-0.25, -0.2) is 8.78 Å². The van der Waals surface area contributed by atoms with Gasteiger partial charge >= 0.3 is 5.97 Å². The molecule has 0 saturated carbocycles. The lowest BCUT2D eigenvalue weighted by atomic mass is 10.2. The summed E-state index contributed by atoms with van der Waals surface area (Å²) in [4.78, 5) is 14.0. The van der Waals surface area contributed by atoms with Crippen LogP contribution < -0.4 is 4.74 Å². The van der Waals surface area contributed by atoms with Gasteiger partial charge in [-0.3, -0.25) is 9.78 Å². The number of hydrogen-bond donors (Lipinski definition) is 1. The lowest BCUT2D eigenvalue weighted by molar-refractivity contribution is -0.136. The number of rotatable bonds is 4. The van der Waals surface area contributed by atoms with Gasteiger partial charge in [0.25, 0.3) is 6.43 Å². The van der Waals surface area contributed by atoms with Crippen molar-refractivity contribution < 1.29 is 23.4 Å². The first-order valence-corrected chi connectivity index (χ1v) is 4.07. The van der Waals surface area contributed by atoms with Gasteiger partial charge in [-0.05, 0) is 6.07 Å². The summed E-state index contributed by atoms with van der Waals surface area (Å²) in [5, 5.41) is 8.46. The van der Waals surface area contributed by atoms with Gasteiger partial charge in [0.15, 0.2) is 0 Å². The Bertz CT molecular complexity index is 368. The predicted octanol–water partition coefficient (Wildman–Crippen LogP) is 1.65. The second-order valence-corrected chi connectivity index (χ2v) is 2.79. The van der Waals surface area contributed by atoms with E-state index in [9.17, 15) is 13.6 Å². The topological polar surface area (TPSA) is 59.4 Å². The lowest BCUT2D eigenvalue weighted by Crippen LogP contribution is -2.04. The number of methoxy groups -OCH3 is 1. The fraction of sp³-hybridized carbons (Fsp3) is 0.333. The Balaban J connectivity index is 3.04. The van der Waals surface area contributed by atoms with E-state index in [-0.39, 0.29) is 23.4 Å². The molecule has 0 spiro atoms. The smallest absolute Gasteiger partial charge is 0.309 e. The maximum Gasteiger partial charge on any atom is 0.309 e. The minimum Gasteiger partial charge on any atom is -0.495 e. The molecule has 6 heteroatoms. The molecule has 0 unspecified atom stereocenters. The normalized spacial score (nSPS) is 10.4. The van der Waals surface area contributed by atoms with Crippen molar-refractivity contribution in [1.82, 2.24) is 4.98 Å². The summed E-state index contributed by atoms with van der Waals surface area (Å²) < 4.78 is 29.6. The van der Waals surface area contributed by atoms with Crippen LogP contribution in [0.15, 0.2) is 12.3 Å². The van der Waals surface area contributed by atoms with E-state index in [2.05, 4.69) is 9.72 Å². The zero-order chi connectivity index (χ0) is 11.4. The molecule has 0 saturated heterocycles. The van der Waals surface area contributed by atoms with E-state index in [1.807, 2.05) is 0 Å². The van der Waals surface area contributed by atoms with Gasteiger partial charge in [0.05, 0.1) is 31.0 Å². The third-order valence-corrected chi connectivity index (χ3v) is 1.74. The molecule has 0 fully saturated rings. The third-order valence-electron chi connectivity index (χ3n) is 1.74. The highest BCUT2D eigenvalue weighted by Gasteiger charge is 2.16. The SMILES string of the molecule is COc1cnc(CC(=O)O)cc1C(F)F. The van der Waals surface area contributed by atoms with Crippen LogP contribution in [-0.4, -0.2) is 23.2 Å². The fourth-order valence-electron chi connectivity index (χ4n) is 1.10. The molecule has 15 heavy (non-hydrogen) atoms. The maximum absolute atomic E-state index is 12.5. The molecule has 1 heterocycles. The van der Waals surface area contributed by atoms with Gasteiger partial charge in [0, 0.05) is 0 Å². The summed E-state index contributed by atoms with van der Waals surface area (Å²) in [6.07, 6.45) is -2.00. The first-order valence-electron chi connectivity index (χ1n) is 4.07. The van der Waals surface area contributed by atoms with E-state index >= 15 is 0 Å². The summed E-state index contributed by atoms with van der Waals surface area (Å²) in [5.74, 6) is -1.16. The van der Waals surface area contributed by atoms with Gasteiger partial charge in [-0.1, -0.05) is 0 Å². The molecule has 1 N–H and O–H groups in total. The third kappa shape index (κ3) is 2.87. The van der Waals surface area contributed by atoms with Crippen molar-refractivity contribution in [3.63, 3.8) is 0 Å². The highest BCUT2D eigenvalue weighted by molar-refractivity contribution is 5.69. The number of pyridine rings is 1. The minimum atomic E-state index is -2.71. The van der Waals surface area contributed by atoms with Crippen molar-refractivity contribution in [3.05, 3.63) is 23.5 Å². The highest BCUT2D eigenvalue weighted by Crippen LogP contribution is 2.28. The Morgan fingerprint density at radius 3 is 2.80 bits per heavy atom. The van der Waals surface area contributed by atoms with Gasteiger partial charge in [0.1, 0.15) is 5.75 Å². The van der Waals surface area contributed by atoms with E-state index in [0.29, 0.717) is 0 Å². The van der Waals surface area contributed by atoms with E-state index < -0.39 is 12.4 Å². The first-order chi connectivity index (χ1) is 7.04. The molecule has 0 radical (unpaired) electrons. The molecule has 1 aromatic rings. The van der Waals surface area contributed by atoms with Crippen LogP contribution in [0.4, 0.5) is 8.78 Å². The molecule has 1 rings (SSSR count). The Labute approximate surface area is 84.5 Å². The number of halogens is 2. The number of nitrogens with zero attached hydrogens (tertiary/aromatic N) is 1. The van der Waals surface area contributed by atoms with Crippen molar-refractivity contribution in [2.75, 3.05) is 7.11 Å². The number of aliphatic carboxylic acids is 1. The first kappa shape index (κ1) is 11.4. The maximum atomic E-state index is 12.5. The van der Waals surface area contributed by atoms with Crippen molar-refractivity contribution in [1.29, 1.82) is 0 Å². The standard InChI is InChI=1S/C9H9F2NO3/c1-15-7-4-12-5(3-8(13)14)2-6(7)9(10)11/h2,4,9H,3H2,1H3,(H,13,14). The van der Waals surface area contributed by atoms with Gasteiger partial charge in [-0.15, -0.1) is 0 Å². The molecule has 0 amide bonds.